The van der Waals surface area contributed by atoms with Crippen molar-refractivity contribution in [1.29, 1.82) is 0 Å². The van der Waals surface area contributed by atoms with Crippen LogP contribution in [0.3, 0.4) is 0 Å². The summed E-state index contributed by atoms with van der Waals surface area (Å²) in [4.78, 5) is 30.9. The minimum atomic E-state index is -0.339. The summed E-state index contributed by atoms with van der Waals surface area (Å²) >= 11 is 1.59. The second-order valence-electron chi connectivity index (χ2n) is 7.42. The van der Waals surface area contributed by atoms with Crippen molar-refractivity contribution in [2.45, 2.75) is 44.9 Å². The van der Waals surface area contributed by atoms with Gasteiger partial charge in [-0.05, 0) is 18.1 Å². The van der Waals surface area contributed by atoms with E-state index in [2.05, 4.69) is 25.8 Å². The Morgan fingerprint density at radius 2 is 2.04 bits per heavy atom. The van der Waals surface area contributed by atoms with Crippen LogP contribution in [-0.2, 0) is 21.4 Å². The molecule has 0 bridgehead atoms. The molecule has 0 fully saturated rings. The van der Waals surface area contributed by atoms with Gasteiger partial charge in [-0.3, -0.25) is 9.59 Å². The predicted octanol–water partition coefficient (Wildman–Crippen LogP) is 2.99. The summed E-state index contributed by atoms with van der Waals surface area (Å²) in [5.74, 6) is -0.665. The van der Waals surface area contributed by atoms with Gasteiger partial charge in [-0.15, -0.1) is 11.3 Å². The van der Waals surface area contributed by atoms with E-state index in [0.29, 0.717) is 13.0 Å². The molecule has 132 valence electrons. The number of carbonyl (C=O) groups excluding carboxylic acids is 2. The van der Waals surface area contributed by atoms with E-state index >= 15 is 0 Å². The van der Waals surface area contributed by atoms with E-state index in [1.807, 2.05) is 29.6 Å². The fourth-order valence-corrected chi connectivity index (χ4v) is 4.01. The molecule has 0 radical (unpaired) electrons. The summed E-state index contributed by atoms with van der Waals surface area (Å²) in [5, 5.41) is 2.99. The van der Waals surface area contributed by atoms with Gasteiger partial charge in [-0.2, -0.15) is 0 Å². The lowest BCUT2D eigenvalue weighted by Crippen LogP contribution is -2.40. The molecule has 1 atom stereocenters. The number of nitrogens with zero attached hydrogens (tertiary/aromatic N) is 2. The van der Waals surface area contributed by atoms with Crippen molar-refractivity contribution in [3.8, 4) is 0 Å². The van der Waals surface area contributed by atoms with Crippen molar-refractivity contribution in [2.75, 3.05) is 11.4 Å². The highest BCUT2D eigenvalue weighted by Crippen LogP contribution is 2.35. The summed E-state index contributed by atoms with van der Waals surface area (Å²) in [6.45, 7) is 6.84. The first kappa shape index (κ1) is 17.6. The standard InChI is InChI=1S/C19H23N3O2S/c1-19(2,3)18-21-12(11-25-18)10-16(23)22-9-8-14(17(20)24)13-6-4-5-7-15(13)22/h4-7,11,14H,8-10H2,1-3H3,(H2,20,24)/t14-/m1/s1. The van der Waals surface area contributed by atoms with Crippen LogP contribution in [-0.4, -0.2) is 23.3 Å². The van der Waals surface area contributed by atoms with E-state index < -0.39 is 0 Å². The number of benzene rings is 1. The third kappa shape index (κ3) is 3.58. The zero-order chi connectivity index (χ0) is 18.2. The topological polar surface area (TPSA) is 76.3 Å². The van der Waals surface area contributed by atoms with Crippen molar-refractivity contribution in [2.24, 2.45) is 5.73 Å². The number of hydrogen-bond acceptors (Lipinski definition) is 4. The molecule has 3 rings (SSSR count). The van der Waals surface area contributed by atoms with Crippen molar-refractivity contribution >= 4 is 28.8 Å². The fourth-order valence-electron chi connectivity index (χ4n) is 3.10. The molecular formula is C19H23N3O2S. The second-order valence-corrected chi connectivity index (χ2v) is 8.28. The molecule has 1 aliphatic heterocycles. The number of primary amides is 1. The van der Waals surface area contributed by atoms with Gasteiger partial charge in [-0.1, -0.05) is 39.0 Å². The summed E-state index contributed by atoms with van der Waals surface area (Å²) in [5.41, 5.74) is 7.93. The smallest absolute Gasteiger partial charge is 0.233 e. The number of hydrogen-bond donors (Lipinski definition) is 1. The quantitative estimate of drug-likeness (QED) is 0.917. The van der Waals surface area contributed by atoms with Crippen LogP contribution in [0.15, 0.2) is 29.6 Å². The molecule has 0 aliphatic carbocycles. The number of carbonyl (C=O) groups is 2. The molecule has 6 heteroatoms. The maximum absolute atomic E-state index is 12.8. The average molecular weight is 357 g/mol. The number of fused-ring (bicyclic) bond motifs is 1. The van der Waals surface area contributed by atoms with Crippen molar-refractivity contribution in [1.82, 2.24) is 4.98 Å². The summed E-state index contributed by atoms with van der Waals surface area (Å²) in [6.07, 6.45) is 0.824. The van der Waals surface area contributed by atoms with Crippen molar-refractivity contribution in [3.05, 3.63) is 45.9 Å². The average Bonchev–Trinajstić information content (AvgIpc) is 3.02. The maximum Gasteiger partial charge on any atom is 0.233 e. The number of thiazole rings is 1. The minimum absolute atomic E-state index is 0.00105. The van der Waals surface area contributed by atoms with E-state index in [1.165, 1.54) is 0 Å². The van der Waals surface area contributed by atoms with Crippen LogP contribution in [0.4, 0.5) is 5.69 Å². The number of anilines is 1. The lowest BCUT2D eigenvalue weighted by molar-refractivity contribution is -0.121. The van der Waals surface area contributed by atoms with Gasteiger partial charge in [0.15, 0.2) is 0 Å². The molecule has 1 aliphatic rings. The van der Waals surface area contributed by atoms with Gasteiger partial charge in [-0.25, -0.2) is 4.98 Å². The summed E-state index contributed by atoms with van der Waals surface area (Å²) < 4.78 is 0. The van der Waals surface area contributed by atoms with Gasteiger partial charge in [0.25, 0.3) is 0 Å². The molecule has 2 amide bonds. The van der Waals surface area contributed by atoms with E-state index in [-0.39, 0.29) is 29.6 Å². The number of rotatable bonds is 3. The van der Waals surface area contributed by atoms with Crippen LogP contribution in [0, 0.1) is 0 Å². The van der Waals surface area contributed by atoms with Crippen LogP contribution in [0.25, 0.3) is 0 Å². The normalized spacial score (nSPS) is 17.2. The molecular weight excluding hydrogens is 334 g/mol. The Morgan fingerprint density at radius 1 is 1.32 bits per heavy atom. The van der Waals surface area contributed by atoms with Crippen LogP contribution in [0.5, 0.6) is 0 Å². The van der Waals surface area contributed by atoms with Crippen LogP contribution in [0.2, 0.25) is 0 Å². The number of amides is 2. The van der Waals surface area contributed by atoms with Crippen molar-refractivity contribution in [3.63, 3.8) is 0 Å². The van der Waals surface area contributed by atoms with Gasteiger partial charge < -0.3 is 10.6 Å². The molecule has 2 N–H and O–H groups in total. The van der Waals surface area contributed by atoms with E-state index in [0.717, 1.165) is 22.0 Å². The molecule has 1 aromatic heterocycles. The SMILES string of the molecule is CC(C)(C)c1nc(CC(=O)N2CC[C@@H](C(N)=O)c3ccccc32)cs1. The van der Waals surface area contributed by atoms with Crippen LogP contribution < -0.4 is 10.6 Å². The Labute approximate surface area is 151 Å². The zero-order valence-corrected chi connectivity index (χ0v) is 15.6. The lowest BCUT2D eigenvalue weighted by Gasteiger charge is -2.33. The first-order valence-corrected chi connectivity index (χ1v) is 9.29. The summed E-state index contributed by atoms with van der Waals surface area (Å²) in [6, 6.07) is 7.51. The largest absolute Gasteiger partial charge is 0.369 e. The molecule has 0 unspecified atom stereocenters. The highest BCUT2D eigenvalue weighted by atomic mass is 32.1. The minimum Gasteiger partial charge on any atom is -0.369 e. The van der Waals surface area contributed by atoms with Crippen molar-refractivity contribution < 1.29 is 9.59 Å². The Kier molecular flexibility index (Phi) is 4.64. The van der Waals surface area contributed by atoms with Gasteiger partial charge in [0.1, 0.15) is 0 Å². The Balaban J connectivity index is 1.82. The Hall–Kier alpha value is -2.21. The van der Waals surface area contributed by atoms with Gasteiger partial charge >= 0.3 is 0 Å². The zero-order valence-electron chi connectivity index (χ0n) is 14.8. The van der Waals surface area contributed by atoms with E-state index in [9.17, 15) is 9.59 Å². The lowest BCUT2D eigenvalue weighted by atomic mass is 9.89. The number of nitrogens with two attached hydrogens (primary N) is 1. The molecule has 0 saturated carbocycles. The van der Waals surface area contributed by atoms with Crippen LogP contribution >= 0.6 is 11.3 Å². The van der Waals surface area contributed by atoms with Gasteiger partial charge in [0.2, 0.25) is 11.8 Å². The first-order chi connectivity index (χ1) is 11.8. The highest BCUT2D eigenvalue weighted by molar-refractivity contribution is 7.09. The Bertz CT molecular complexity index is 807. The molecule has 5 nitrogen and oxygen atoms in total. The number of para-hydroxylation sites is 1. The summed E-state index contributed by atoms with van der Waals surface area (Å²) in [7, 11) is 0. The van der Waals surface area contributed by atoms with Gasteiger partial charge in [0.05, 0.1) is 23.0 Å². The van der Waals surface area contributed by atoms with Gasteiger partial charge in [0, 0.05) is 23.0 Å². The third-order valence-electron chi connectivity index (χ3n) is 4.41. The molecule has 25 heavy (non-hydrogen) atoms. The number of aromatic nitrogens is 1. The Morgan fingerprint density at radius 3 is 2.68 bits per heavy atom. The monoisotopic (exact) mass is 357 g/mol. The molecule has 0 saturated heterocycles. The van der Waals surface area contributed by atoms with Crippen LogP contribution in [0.1, 0.15) is 49.4 Å². The third-order valence-corrected chi connectivity index (χ3v) is 5.73. The van der Waals surface area contributed by atoms with E-state index in [1.54, 1.807) is 16.2 Å². The van der Waals surface area contributed by atoms with E-state index in [4.69, 9.17) is 5.73 Å². The molecule has 2 heterocycles. The maximum atomic E-state index is 12.8. The molecule has 1 aromatic carbocycles. The molecule has 0 spiro atoms. The highest BCUT2D eigenvalue weighted by Gasteiger charge is 2.31. The molecule has 2 aromatic rings. The fraction of sp³-hybridized carbons (Fsp3) is 0.421. The predicted molar refractivity (Wildman–Crippen MR) is 99.9 cm³/mol. The second kappa shape index (κ2) is 6.59. The first-order valence-electron chi connectivity index (χ1n) is 8.41.